The third-order valence-electron chi connectivity index (χ3n) is 2.89. The van der Waals surface area contributed by atoms with Crippen LogP contribution >= 0.6 is 0 Å². The molecule has 1 amide bonds. The first-order valence-electron chi connectivity index (χ1n) is 6.09. The van der Waals surface area contributed by atoms with E-state index in [-0.39, 0.29) is 10.8 Å². The van der Waals surface area contributed by atoms with E-state index in [2.05, 4.69) is 10.6 Å². The molecule has 1 aromatic rings. The summed E-state index contributed by atoms with van der Waals surface area (Å²) in [4.78, 5) is 11.2. The third kappa shape index (κ3) is 3.31. The number of hydrogen-bond donors (Lipinski definition) is 2. The van der Waals surface area contributed by atoms with Gasteiger partial charge < -0.3 is 10.6 Å². The van der Waals surface area contributed by atoms with Crippen molar-refractivity contribution in [1.29, 1.82) is 0 Å². The van der Waals surface area contributed by atoms with Crippen molar-refractivity contribution < 1.29 is 13.2 Å². The number of nitrogens with zero attached hydrogens (tertiary/aromatic N) is 1. The Kier molecular flexibility index (Phi) is 4.18. The Labute approximate surface area is 112 Å². The number of hydrogen-bond acceptors (Lipinski definition) is 4. The minimum atomic E-state index is -3.43. The zero-order chi connectivity index (χ0) is 13.9. The summed E-state index contributed by atoms with van der Waals surface area (Å²) in [6, 6.07) is 6.22. The van der Waals surface area contributed by atoms with Crippen LogP contribution in [0.15, 0.2) is 29.2 Å². The minimum absolute atomic E-state index is 0.183. The monoisotopic (exact) mass is 283 g/mol. The predicted octanol–water partition coefficient (Wildman–Crippen LogP) is 0.239. The van der Waals surface area contributed by atoms with Crippen molar-refractivity contribution in [3.05, 3.63) is 24.3 Å². The molecule has 2 rings (SSSR count). The summed E-state index contributed by atoms with van der Waals surface area (Å²) in [7, 11) is -3.43. The molecule has 0 bridgehead atoms. The number of piperazine rings is 1. The van der Waals surface area contributed by atoms with Crippen molar-refractivity contribution in [3.8, 4) is 0 Å². The fraction of sp³-hybridized carbons (Fsp3) is 0.417. The lowest BCUT2D eigenvalue weighted by molar-refractivity contribution is -0.114. The minimum Gasteiger partial charge on any atom is -0.326 e. The van der Waals surface area contributed by atoms with Gasteiger partial charge in [0.25, 0.3) is 0 Å². The molecule has 104 valence electrons. The number of benzene rings is 1. The second kappa shape index (κ2) is 5.68. The zero-order valence-electron chi connectivity index (χ0n) is 10.7. The van der Waals surface area contributed by atoms with Gasteiger partial charge in [-0.15, -0.1) is 0 Å². The van der Waals surface area contributed by atoms with Crippen LogP contribution in [0.2, 0.25) is 0 Å². The van der Waals surface area contributed by atoms with Crippen LogP contribution in [0.3, 0.4) is 0 Å². The van der Waals surface area contributed by atoms with Crippen LogP contribution in [0.25, 0.3) is 0 Å². The average Bonchev–Trinajstić information content (AvgIpc) is 2.40. The fourth-order valence-electron chi connectivity index (χ4n) is 1.95. The van der Waals surface area contributed by atoms with Gasteiger partial charge in [-0.05, 0) is 24.3 Å². The maximum Gasteiger partial charge on any atom is 0.243 e. The van der Waals surface area contributed by atoms with Crippen molar-refractivity contribution in [3.63, 3.8) is 0 Å². The van der Waals surface area contributed by atoms with Crippen molar-refractivity contribution in [2.75, 3.05) is 31.5 Å². The number of rotatable bonds is 3. The summed E-state index contributed by atoms with van der Waals surface area (Å²) in [6.45, 7) is 3.71. The number of nitrogens with one attached hydrogen (secondary N) is 2. The highest BCUT2D eigenvalue weighted by molar-refractivity contribution is 7.89. The molecule has 1 saturated heterocycles. The normalized spacial score (nSPS) is 17.1. The molecule has 0 aromatic heterocycles. The highest BCUT2D eigenvalue weighted by Gasteiger charge is 2.25. The van der Waals surface area contributed by atoms with Gasteiger partial charge in [0, 0.05) is 38.8 Å². The van der Waals surface area contributed by atoms with Gasteiger partial charge in [-0.1, -0.05) is 0 Å². The maximum absolute atomic E-state index is 12.3. The van der Waals surface area contributed by atoms with E-state index in [1.807, 2.05) is 0 Å². The lowest BCUT2D eigenvalue weighted by Crippen LogP contribution is -2.46. The summed E-state index contributed by atoms with van der Waals surface area (Å²) in [5, 5.41) is 5.72. The topological polar surface area (TPSA) is 78.5 Å². The smallest absolute Gasteiger partial charge is 0.243 e. The SMILES string of the molecule is CC(=O)Nc1ccc(S(=O)(=O)N2CCNCC2)cc1. The Morgan fingerprint density at radius 1 is 1.21 bits per heavy atom. The Balaban J connectivity index is 2.18. The van der Waals surface area contributed by atoms with E-state index in [1.54, 1.807) is 12.1 Å². The third-order valence-corrected chi connectivity index (χ3v) is 4.80. The molecule has 0 spiro atoms. The molecule has 19 heavy (non-hydrogen) atoms. The first-order valence-corrected chi connectivity index (χ1v) is 7.53. The van der Waals surface area contributed by atoms with Crippen LogP contribution in [0.5, 0.6) is 0 Å². The number of anilines is 1. The van der Waals surface area contributed by atoms with Crippen LogP contribution < -0.4 is 10.6 Å². The standard InChI is InChI=1S/C12H17N3O3S/c1-10(16)14-11-2-4-12(5-3-11)19(17,18)15-8-6-13-7-9-15/h2-5,13H,6-9H2,1H3,(H,14,16). The number of carbonyl (C=O) groups is 1. The van der Waals surface area contributed by atoms with Crippen LogP contribution in [0.4, 0.5) is 5.69 Å². The van der Waals surface area contributed by atoms with Gasteiger partial charge in [0.05, 0.1) is 4.90 Å². The largest absolute Gasteiger partial charge is 0.326 e. The van der Waals surface area contributed by atoms with Gasteiger partial charge >= 0.3 is 0 Å². The number of carbonyl (C=O) groups excluding carboxylic acids is 1. The van der Waals surface area contributed by atoms with Crippen molar-refractivity contribution >= 4 is 21.6 Å². The molecule has 1 heterocycles. The summed E-state index contributed by atoms with van der Waals surface area (Å²) in [5.41, 5.74) is 0.590. The molecule has 0 atom stereocenters. The van der Waals surface area contributed by atoms with Gasteiger partial charge in [-0.3, -0.25) is 4.79 Å². The van der Waals surface area contributed by atoms with Gasteiger partial charge in [0.15, 0.2) is 0 Å². The average molecular weight is 283 g/mol. The Morgan fingerprint density at radius 2 is 1.79 bits per heavy atom. The summed E-state index contributed by atoms with van der Waals surface area (Å²) in [6.07, 6.45) is 0. The molecular formula is C12H17N3O3S. The van der Waals surface area contributed by atoms with E-state index >= 15 is 0 Å². The molecule has 1 fully saturated rings. The lowest BCUT2D eigenvalue weighted by Gasteiger charge is -2.26. The molecular weight excluding hydrogens is 266 g/mol. The number of amides is 1. The van der Waals surface area contributed by atoms with E-state index in [4.69, 9.17) is 0 Å². The summed E-state index contributed by atoms with van der Waals surface area (Å²) in [5.74, 6) is -0.183. The molecule has 0 aliphatic carbocycles. The van der Waals surface area contributed by atoms with Crippen LogP contribution in [0, 0.1) is 0 Å². The second-order valence-electron chi connectivity index (χ2n) is 4.36. The van der Waals surface area contributed by atoms with Gasteiger partial charge in [-0.2, -0.15) is 4.31 Å². The maximum atomic E-state index is 12.3. The van der Waals surface area contributed by atoms with Crippen LogP contribution in [-0.2, 0) is 14.8 Å². The van der Waals surface area contributed by atoms with Gasteiger partial charge in [0.1, 0.15) is 0 Å². The van der Waals surface area contributed by atoms with Crippen molar-refractivity contribution in [1.82, 2.24) is 9.62 Å². The molecule has 0 saturated carbocycles. The molecule has 6 nitrogen and oxygen atoms in total. The van der Waals surface area contributed by atoms with E-state index in [9.17, 15) is 13.2 Å². The fourth-order valence-corrected chi connectivity index (χ4v) is 3.39. The quantitative estimate of drug-likeness (QED) is 0.833. The van der Waals surface area contributed by atoms with Crippen molar-refractivity contribution in [2.45, 2.75) is 11.8 Å². The molecule has 0 radical (unpaired) electrons. The predicted molar refractivity (Wildman–Crippen MR) is 72.4 cm³/mol. The zero-order valence-corrected chi connectivity index (χ0v) is 11.5. The Bertz CT molecular complexity index is 548. The first kappa shape index (κ1) is 14.0. The molecule has 1 aromatic carbocycles. The first-order chi connectivity index (χ1) is 9.00. The van der Waals surface area contributed by atoms with Crippen LogP contribution in [0.1, 0.15) is 6.92 Å². The molecule has 1 aliphatic rings. The second-order valence-corrected chi connectivity index (χ2v) is 6.30. The highest BCUT2D eigenvalue weighted by atomic mass is 32.2. The number of sulfonamides is 1. The summed E-state index contributed by atoms with van der Waals surface area (Å²) >= 11 is 0. The Morgan fingerprint density at radius 3 is 2.32 bits per heavy atom. The van der Waals surface area contributed by atoms with E-state index in [0.29, 0.717) is 31.9 Å². The molecule has 1 aliphatic heterocycles. The molecule has 7 heteroatoms. The molecule has 0 unspecified atom stereocenters. The Hall–Kier alpha value is -1.44. The summed E-state index contributed by atoms with van der Waals surface area (Å²) < 4.78 is 26.1. The van der Waals surface area contributed by atoms with Gasteiger partial charge in [0.2, 0.25) is 15.9 Å². The van der Waals surface area contributed by atoms with Gasteiger partial charge in [-0.25, -0.2) is 8.42 Å². The van der Waals surface area contributed by atoms with E-state index < -0.39 is 10.0 Å². The van der Waals surface area contributed by atoms with E-state index in [0.717, 1.165) is 0 Å². The van der Waals surface area contributed by atoms with E-state index in [1.165, 1.54) is 23.4 Å². The van der Waals surface area contributed by atoms with Crippen molar-refractivity contribution in [2.24, 2.45) is 0 Å². The van der Waals surface area contributed by atoms with Crippen LogP contribution in [-0.4, -0.2) is 44.8 Å². The highest BCUT2D eigenvalue weighted by Crippen LogP contribution is 2.18. The molecule has 2 N–H and O–H groups in total. The lowest BCUT2D eigenvalue weighted by atomic mass is 10.3.